The molecule has 0 radical (unpaired) electrons. The number of esters is 3. The lowest BCUT2D eigenvalue weighted by Gasteiger charge is -2.31. The van der Waals surface area contributed by atoms with Gasteiger partial charge in [0.2, 0.25) is 5.43 Å². The van der Waals surface area contributed by atoms with E-state index in [1.165, 1.54) is 25.0 Å². The van der Waals surface area contributed by atoms with Crippen molar-refractivity contribution in [2.24, 2.45) is 5.92 Å². The molecule has 0 aliphatic rings. The fourth-order valence-electron chi connectivity index (χ4n) is 4.99. The lowest BCUT2D eigenvalue weighted by Crippen LogP contribution is -2.32. The number of carbonyl (C=O) groups is 3. The SMILES string of the molecule is CCCCOc1c(C(=O)OC)n(C[C@H](CC(=O)OC(C)(C)C)C(c2ccccc2)c2ccccc2)cc(C(=O)OC)c1=O. The Morgan fingerprint density at radius 1 is 0.860 bits per heavy atom. The van der Waals surface area contributed by atoms with Crippen LogP contribution in [0.15, 0.2) is 71.7 Å². The number of hydrogen-bond donors (Lipinski definition) is 0. The van der Waals surface area contributed by atoms with Gasteiger partial charge < -0.3 is 23.5 Å². The van der Waals surface area contributed by atoms with Gasteiger partial charge in [-0.2, -0.15) is 0 Å². The van der Waals surface area contributed by atoms with Crippen molar-refractivity contribution >= 4 is 17.9 Å². The number of unbranched alkanes of at least 4 members (excludes halogenated alkanes) is 1. The Morgan fingerprint density at radius 3 is 1.91 bits per heavy atom. The van der Waals surface area contributed by atoms with Gasteiger partial charge in [0.1, 0.15) is 11.2 Å². The fraction of sp³-hybridized carbons (Fsp3) is 0.412. The van der Waals surface area contributed by atoms with Crippen molar-refractivity contribution < 1.29 is 33.3 Å². The molecule has 0 saturated heterocycles. The van der Waals surface area contributed by atoms with Gasteiger partial charge in [-0.1, -0.05) is 74.0 Å². The predicted octanol–water partition coefficient (Wildman–Crippen LogP) is 5.78. The molecule has 0 saturated carbocycles. The standard InChI is InChI=1S/C34H41NO8/c1-7-8-19-42-31-29(33(39)41-6)35(22-26(30(31)37)32(38)40-5)21-25(20-27(36)43-34(2,3)4)28(23-15-11-9-12-16-23)24-17-13-10-14-18-24/h9-18,22,25,28H,7-8,19-21H2,1-6H3/t25-/m0/s1. The van der Waals surface area contributed by atoms with E-state index < -0.39 is 34.9 Å². The normalized spacial score (nSPS) is 12.0. The number of rotatable bonds is 13. The zero-order valence-corrected chi connectivity index (χ0v) is 25.8. The van der Waals surface area contributed by atoms with Crippen LogP contribution >= 0.6 is 0 Å². The molecule has 0 aliphatic heterocycles. The molecule has 0 fully saturated rings. The van der Waals surface area contributed by atoms with E-state index in [1.807, 2.05) is 67.6 Å². The van der Waals surface area contributed by atoms with Crippen molar-refractivity contribution in [2.75, 3.05) is 20.8 Å². The summed E-state index contributed by atoms with van der Waals surface area (Å²) in [6, 6.07) is 19.4. The highest BCUT2D eigenvalue weighted by molar-refractivity contribution is 5.94. The first-order valence-electron chi connectivity index (χ1n) is 14.4. The molecule has 0 spiro atoms. The number of aromatic nitrogens is 1. The van der Waals surface area contributed by atoms with Gasteiger partial charge in [-0.05, 0) is 44.2 Å². The van der Waals surface area contributed by atoms with Gasteiger partial charge in [-0.3, -0.25) is 9.59 Å². The van der Waals surface area contributed by atoms with Crippen LogP contribution in [-0.2, 0) is 25.5 Å². The van der Waals surface area contributed by atoms with Crippen molar-refractivity contribution in [3.8, 4) is 5.75 Å². The lowest BCUT2D eigenvalue weighted by molar-refractivity contribution is -0.156. The zero-order valence-electron chi connectivity index (χ0n) is 25.8. The van der Waals surface area contributed by atoms with Crippen molar-refractivity contribution in [2.45, 2.75) is 65.0 Å². The summed E-state index contributed by atoms with van der Waals surface area (Å²) in [6.07, 6.45) is 2.65. The third-order valence-corrected chi connectivity index (χ3v) is 6.84. The highest BCUT2D eigenvalue weighted by Gasteiger charge is 2.33. The molecule has 230 valence electrons. The summed E-state index contributed by atoms with van der Waals surface area (Å²) in [6.45, 7) is 7.54. The molecule has 1 heterocycles. The second kappa shape index (κ2) is 15.2. The third-order valence-electron chi connectivity index (χ3n) is 6.84. The molecule has 0 amide bonds. The van der Waals surface area contributed by atoms with Crippen molar-refractivity contribution in [3.05, 3.63) is 99.5 Å². The van der Waals surface area contributed by atoms with Crippen LogP contribution in [0.2, 0.25) is 0 Å². The smallest absolute Gasteiger partial charge is 0.358 e. The maximum atomic E-state index is 13.4. The van der Waals surface area contributed by atoms with Crippen molar-refractivity contribution in [3.63, 3.8) is 0 Å². The lowest BCUT2D eigenvalue weighted by atomic mass is 9.78. The first-order valence-corrected chi connectivity index (χ1v) is 14.4. The van der Waals surface area contributed by atoms with Gasteiger partial charge in [0, 0.05) is 18.7 Å². The number of nitrogens with zero attached hydrogens (tertiary/aromatic N) is 1. The fourth-order valence-corrected chi connectivity index (χ4v) is 4.99. The van der Waals surface area contributed by atoms with Crippen LogP contribution < -0.4 is 10.2 Å². The maximum Gasteiger partial charge on any atom is 0.358 e. The van der Waals surface area contributed by atoms with E-state index in [9.17, 15) is 19.2 Å². The molecule has 2 aromatic carbocycles. The van der Waals surface area contributed by atoms with E-state index in [1.54, 1.807) is 20.8 Å². The number of hydrogen-bond acceptors (Lipinski definition) is 8. The average molecular weight is 592 g/mol. The minimum atomic E-state index is -0.873. The summed E-state index contributed by atoms with van der Waals surface area (Å²) in [5.41, 5.74) is -0.0558. The Hall–Kier alpha value is -4.40. The topological polar surface area (TPSA) is 110 Å². The molecule has 0 unspecified atom stereocenters. The van der Waals surface area contributed by atoms with Crippen LogP contribution in [0.5, 0.6) is 5.75 Å². The molecular weight excluding hydrogens is 550 g/mol. The first-order chi connectivity index (χ1) is 20.5. The van der Waals surface area contributed by atoms with Crippen LogP contribution in [0.25, 0.3) is 0 Å². The Labute approximate surface area is 252 Å². The van der Waals surface area contributed by atoms with Crippen LogP contribution in [0.1, 0.15) is 84.8 Å². The molecule has 9 heteroatoms. The maximum absolute atomic E-state index is 13.4. The molecule has 1 aromatic heterocycles. The summed E-state index contributed by atoms with van der Waals surface area (Å²) in [5.74, 6) is -3.24. The number of methoxy groups -OCH3 is 2. The molecule has 9 nitrogen and oxygen atoms in total. The largest absolute Gasteiger partial charge is 0.487 e. The summed E-state index contributed by atoms with van der Waals surface area (Å²) in [5, 5.41) is 0. The number of benzene rings is 2. The van der Waals surface area contributed by atoms with E-state index in [4.69, 9.17) is 18.9 Å². The highest BCUT2D eigenvalue weighted by Crippen LogP contribution is 2.36. The molecule has 43 heavy (non-hydrogen) atoms. The summed E-state index contributed by atoms with van der Waals surface area (Å²) >= 11 is 0. The quantitative estimate of drug-likeness (QED) is 0.140. The average Bonchev–Trinajstić information content (AvgIpc) is 2.98. The van der Waals surface area contributed by atoms with Gasteiger partial charge in [0.25, 0.3) is 0 Å². The van der Waals surface area contributed by atoms with Crippen LogP contribution in [0.3, 0.4) is 0 Å². The zero-order chi connectivity index (χ0) is 31.6. The Morgan fingerprint density at radius 2 is 1.42 bits per heavy atom. The molecule has 0 N–H and O–H groups in total. The monoisotopic (exact) mass is 591 g/mol. The second-order valence-electron chi connectivity index (χ2n) is 11.2. The second-order valence-corrected chi connectivity index (χ2v) is 11.2. The van der Waals surface area contributed by atoms with Crippen molar-refractivity contribution in [1.82, 2.24) is 4.57 Å². The van der Waals surface area contributed by atoms with E-state index in [0.29, 0.717) is 6.42 Å². The van der Waals surface area contributed by atoms with Gasteiger partial charge >= 0.3 is 17.9 Å². The summed E-state index contributed by atoms with van der Waals surface area (Å²) < 4.78 is 23.0. The minimum Gasteiger partial charge on any atom is -0.487 e. The Bertz CT molecular complexity index is 1400. The van der Waals surface area contributed by atoms with E-state index in [0.717, 1.165) is 17.5 Å². The van der Waals surface area contributed by atoms with Gasteiger partial charge in [-0.15, -0.1) is 0 Å². The van der Waals surface area contributed by atoms with Crippen LogP contribution in [-0.4, -0.2) is 48.9 Å². The summed E-state index contributed by atoms with van der Waals surface area (Å²) in [7, 11) is 2.38. The van der Waals surface area contributed by atoms with E-state index in [-0.39, 0.29) is 42.5 Å². The van der Waals surface area contributed by atoms with Gasteiger partial charge in [-0.25, -0.2) is 9.59 Å². The number of carbonyl (C=O) groups excluding carboxylic acids is 3. The third kappa shape index (κ3) is 8.80. The van der Waals surface area contributed by atoms with Crippen LogP contribution in [0.4, 0.5) is 0 Å². The summed E-state index contributed by atoms with van der Waals surface area (Å²) in [4.78, 5) is 52.7. The highest BCUT2D eigenvalue weighted by atomic mass is 16.6. The van der Waals surface area contributed by atoms with Crippen molar-refractivity contribution in [1.29, 1.82) is 0 Å². The number of ether oxygens (including phenoxy) is 4. The Balaban J connectivity index is 2.28. The van der Waals surface area contributed by atoms with E-state index >= 15 is 0 Å². The van der Waals surface area contributed by atoms with Crippen LogP contribution in [0, 0.1) is 5.92 Å². The molecule has 0 bridgehead atoms. The first kappa shape index (κ1) is 33.1. The van der Waals surface area contributed by atoms with Gasteiger partial charge in [0.15, 0.2) is 11.4 Å². The Kier molecular flexibility index (Phi) is 11.7. The van der Waals surface area contributed by atoms with E-state index in [2.05, 4.69) is 0 Å². The molecular formula is C34H41NO8. The number of pyridine rings is 1. The molecule has 3 aromatic rings. The molecule has 3 rings (SSSR count). The minimum absolute atomic E-state index is 0.0297. The molecule has 0 aliphatic carbocycles. The predicted molar refractivity (Wildman–Crippen MR) is 162 cm³/mol. The van der Waals surface area contributed by atoms with Gasteiger partial charge in [0.05, 0.1) is 27.2 Å². The molecule has 1 atom stereocenters.